The molecule has 62 valence electrons. The summed E-state index contributed by atoms with van der Waals surface area (Å²) in [6, 6.07) is 3.01. The van der Waals surface area contributed by atoms with Gasteiger partial charge in [0.15, 0.2) is 0 Å². The Hall–Kier alpha value is -0.910. The third kappa shape index (κ3) is 1.63. The fourth-order valence-corrected chi connectivity index (χ4v) is 1.26. The van der Waals surface area contributed by atoms with Crippen LogP contribution in [0, 0.1) is 6.57 Å². The van der Waals surface area contributed by atoms with Gasteiger partial charge in [-0.1, -0.05) is 23.2 Å². The molecule has 0 bridgehead atoms. The summed E-state index contributed by atoms with van der Waals surface area (Å²) >= 11 is 11.5. The Morgan fingerprint density at radius 3 is 2.50 bits per heavy atom. The van der Waals surface area contributed by atoms with Crippen LogP contribution in [-0.2, 0) is 0 Å². The van der Waals surface area contributed by atoms with Gasteiger partial charge in [-0.25, -0.2) is 4.85 Å². The summed E-state index contributed by atoms with van der Waals surface area (Å²) in [7, 11) is 1.49. The number of methoxy groups -OCH3 is 1. The topological polar surface area (TPSA) is 13.6 Å². The minimum atomic E-state index is 0.343. The Balaban J connectivity index is 3.30. The first-order chi connectivity index (χ1) is 5.69. The van der Waals surface area contributed by atoms with Crippen molar-refractivity contribution in [2.24, 2.45) is 0 Å². The molecule has 12 heavy (non-hydrogen) atoms. The van der Waals surface area contributed by atoms with Crippen LogP contribution in [0.3, 0.4) is 0 Å². The molecule has 0 fully saturated rings. The van der Waals surface area contributed by atoms with Gasteiger partial charge in [0.25, 0.3) is 0 Å². The molecule has 0 aromatic heterocycles. The lowest BCUT2D eigenvalue weighted by Gasteiger charge is -2.03. The lowest BCUT2D eigenvalue weighted by atomic mass is 10.3. The smallest absolute Gasteiger partial charge is 0.209 e. The molecule has 4 heteroatoms. The van der Waals surface area contributed by atoms with E-state index in [0.29, 0.717) is 21.5 Å². The van der Waals surface area contributed by atoms with E-state index in [1.807, 2.05) is 0 Å². The molecule has 1 rings (SSSR count). The molecule has 0 radical (unpaired) electrons. The third-order valence-corrected chi connectivity index (χ3v) is 1.94. The largest absolute Gasteiger partial charge is 0.497 e. The summed E-state index contributed by atoms with van der Waals surface area (Å²) in [5.41, 5.74) is 0.345. The van der Waals surface area contributed by atoms with Crippen molar-refractivity contribution in [3.8, 4) is 5.75 Å². The van der Waals surface area contributed by atoms with E-state index < -0.39 is 0 Å². The van der Waals surface area contributed by atoms with Crippen LogP contribution in [0.15, 0.2) is 12.1 Å². The second kappa shape index (κ2) is 3.66. The zero-order valence-electron chi connectivity index (χ0n) is 6.27. The molecule has 1 aromatic carbocycles. The minimum Gasteiger partial charge on any atom is -0.497 e. The van der Waals surface area contributed by atoms with Gasteiger partial charge in [-0.2, -0.15) is 0 Å². The zero-order chi connectivity index (χ0) is 9.14. The molecule has 0 heterocycles. The summed E-state index contributed by atoms with van der Waals surface area (Å²) in [6.07, 6.45) is 0. The van der Waals surface area contributed by atoms with Crippen molar-refractivity contribution in [3.63, 3.8) is 0 Å². The molecule has 0 aliphatic rings. The summed E-state index contributed by atoms with van der Waals surface area (Å²) < 4.78 is 4.91. The van der Waals surface area contributed by atoms with Crippen LogP contribution < -0.4 is 4.74 Å². The van der Waals surface area contributed by atoms with E-state index in [4.69, 9.17) is 34.5 Å². The molecule has 0 unspecified atom stereocenters. The molecule has 2 nitrogen and oxygen atoms in total. The Kier molecular flexibility index (Phi) is 2.80. The van der Waals surface area contributed by atoms with Crippen molar-refractivity contribution in [3.05, 3.63) is 33.6 Å². The first kappa shape index (κ1) is 9.18. The maximum atomic E-state index is 6.77. The molecule has 0 spiro atoms. The molecule has 0 amide bonds. The van der Waals surface area contributed by atoms with Crippen LogP contribution in [0.4, 0.5) is 5.69 Å². The molecule has 0 atom stereocenters. The van der Waals surface area contributed by atoms with Crippen LogP contribution in [-0.4, -0.2) is 7.11 Å². The second-order valence-corrected chi connectivity index (χ2v) is 2.86. The van der Waals surface area contributed by atoms with Crippen LogP contribution >= 0.6 is 23.2 Å². The molecular weight excluding hydrogens is 197 g/mol. The highest BCUT2D eigenvalue weighted by Gasteiger charge is 2.06. The summed E-state index contributed by atoms with van der Waals surface area (Å²) in [5.74, 6) is 0.465. The number of benzene rings is 1. The Morgan fingerprint density at radius 1 is 1.33 bits per heavy atom. The molecule has 1 aromatic rings. The van der Waals surface area contributed by atoms with E-state index in [1.165, 1.54) is 19.2 Å². The van der Waals surface area contributed by atoms with Gasteiger partial charge in [-0.05, 0) is 12.1 Å². The van der Waals surface area contributed by atoms with Crippen molar-refractivity contribution in [2.45, 2.75) is 0 Å². The second-order valence-electron chi connectivity index (χ2n) is 2.05. The molecular formula is C8H5Cl2NO. The van der Waals surface area contributed by atoms with Crippen LogP contribution in [0.5, 0.6) is 5.75 Å². The Morgan fingerprint density at radius 2 is 2.00 bits per heavy atom. The predicted molar refractivity (Wildman–Crippen MR) is 49.3 cm³/mol. The molecule has 0 saturated carbocycles. The summed E-state index contributed by atoms with van der Waals surface area (Å²) in [4.78, 5) is 3.20. The van der Waals surface area contributed by atoms with E-state index in [0.717, 1.165) is 0 Å². The van der Waals surface area contributed by atoms with Crippen molar-refractivity contribution in [2.75, 3.05) is 7.11 Å². The highest BCUT2D eigenvalue weighted by Crippen LogP contribution is 2.35. The number of ether oxygens (including phenoxy) is 1. The van der Waals surface area contributed by atoms with Crippen LogP contribution in [0.2, 0.25) is 10.0 Å². The first-order valence-electron chi connectivity index (χ1n) is 3.09. The van der Waals surface area contributed by atoms with Gasteiger partial charge in [-0.3, -0.25) is 0 Å². The van der Waals surface area contributed by atoms with Crippen LogP contribution in [0.25, 0.3) is 4.85 Å². The number of hydrogen-bond acceptors (Lipinski definition) is 1. The Bertz CT molecular complexity index is 344. The lowest BCUT2D eigenvalue weighted by molar-refractivity contribution is 0.415. The van der Waals surface area contributed by atoms with Crippen molar-refractivity contribution < 1.29 is 4.74 Å². The highest BCUT2D eigenvalue weighted by molar-refractivity contribution is 6.37. The van der Waals surface area contributed by atoms with Crippen molar-refractivity contribution >= 4 is 28.9 Å². The lowest BCUT2D eigenvalue weighted by Crippen LogP contribution is -1.83. The van der Waals surface area contributed by atoms with E-state index in [-0.39, 0.29) is 0 Å². The molecule has 0 saturated heterocycles. The standard InChI is InChI=1S/C8H5Cl2NO/c1-11-7-4-8(12-2)6(10)3-5(7)9/h3-4H,2H3. The maximum Gasteiger partial charge on any atom is 0.209 e. The predicted octanol–water partition coefficient (Wildman–Crippen LogP) is 3.55. The SMILES string of the molecule is [C-]#[N+]c1cc(OC)c(Cl)cc1Cl. The van der Waals surface area contributed by atoms with Gasteiger partial charge >= 0.3 is 0 Å². The molecule has 0 aliphatic carbocycles. The Labute approximate surface area is 80.5 Å². The average Bonchev–Trinajstić information content (AvgIpc) is 2.05. The molecule has 0 aliphatic heterocycles. The molecule has 0 N–H and O–H groups in total. The number of rotatable bonds is 1. The van der Waals surface area contributed by atoms with Gasteiger partial charge in [0, 0.05) is 5.02 Å². The van der Waals surface area contributed by atoms with E-state index >= 15 is 0 Å². The fraction of sp³-hybridized carbons (Fsp3) is 0.125. The number of halogens is 2. The van der Waals surface area contributed by atoms with Gasteiger partial charge in [0.1, 0.15) is 5.75 Å². The van der Waals surface area contributed by atoms with Gasteiger partial charge in [-0.15, -0.1) is 0 Å². The average molecular weight is 202 g/mol. The fourth-order valence-electron chi connectivity index (χ4n) is 0.760. The van der Waals surface area contributed by atoms with Crippen molar-refractivity contribution in [1.29, 1.82) is 0 Å². The van der Waals surface area contributed by atoms with E-state index in [2.05, 4.69) is 4.85 Å². The maximum absolute atomic E-state index is 6.77. The zero-order valence-corrected chi connectivity index (χ0v) is 7.78. The quantitative estimate of drug-likeness (QED) is 0.634. The van der Waals surface area contributed by atoms with Crippen LogP contribution in [0.1, 0.15) is 0 Å². The van der Waals surface area contributed by atoms with E-state index in [9.17, 15) is 0 Å². The highest BCUT2D eigenvalue weighted by atomic mass is 35.5. The van der Waals surface area contributed by atoms with Gasteiger partial charge in [0.2, 0.25) is 5.69 Å². The summed E-state index contributed by atoms with van der Waals surface area (Å²) in [5, 5.41) is 0.755. The van der Waals surface area contributed by atoms with E-state index in [1.54, 1.807) is 0 Å². The number of nitrogens with zero attached hydrogens (tertiary/aromatic N) is 1. The first-order valence-corrected chi connectivity index (χ1v) is 3.85. The van der Waals surface area contributed by atoms with Crippen molar-refractivity contribution in [1.82, 2.24) is 0 Å². The van der Waals surface area contributed by atoms with Gasteiger partial charge in [0.05, 0.1) is 18.7 Å². The normalized spacial score (nSPS) is 9.17. The van der Waals surface area contributed by atoms with Gasteiger partial charge < -0.3 is 4.74 Å². The number of hydrogen-bond donors (Lipinski definition) is 0. The monoisotopic (exact) mass is 201 g/mol. The minimum absolute atomic E-state index is 0.343. The summed E-state index contributed by atoms with van der Waals surface area (Å²) in [6.45, 7) is 6.77. The third-order valence-electron chi connectivity index (χ3n) is 1.34.